The summed E-state index contributed by atoms with van der Waals surface area (Å²) in [5, 5.41) is 4.17. The highest BCUT2D eigenvalue weighted by molar-refractivity contribution is 6.33. The van der Waals surface area contributed by atoms with Crippen molar-refractivity contribution in [2.24, 2.45) is 0 Å². The quantitative estimate of drug-likeness (QED) is 0.936. The SMILES string of the molecule is Clc1ccccc1-c1cccc2c1OC(CN1CCNCC1)C2. The van der Waals surface area contributed by atoms with Crippen LogP contribution in [0.5, 0.6) is 5.75 Å². The molecule has 1 unspecified atom stereocenters. The smallest absolute Gasteiger partial charge is 0.131 e. The number of ether oxygens (including phenoxy) is 1. The maximum atomic E-state index is 6.38. The Morgan fingerprint density at radius 3 is 2.65 bits per heavy atom. The lowest BCUT2D eigenvalue weighted by Gasteiger charge is -2.29. The first-order valence-corrected chi connectivity index (χ1v) is 8.65. The highest BCUT2D eigenvalue weighted by atomic mass is 35.5. The molecule has 0 aromatic heterocycles. The van der Waals surface area contributed by atoms with Gasteiger partial charge in [-0.05, 0) is 11.6 Å². The zero-order valence-electron chi connectivity index (χ0n) is 13.1. The standard InChI is InChI=1S/C19H21ClN2O/c20-18-7-2-1-5-16(18)17-6-3-4-14-12-15(23-19(14)17)13-22-10-8-21-9-11-22/h1-7,15,21H,8-13H2. The van der Waals surface area contributed by atoms with E-state index in [0.717, 1.165) is 61.0 Å². The summed E-state index contributed by atoms with van der Waals surface area (Å²) in [6.45, 7) is 5.36. The fourth-order valence-electron chi connectivity index (χ4n) is 3.51. The van der Waals surface area contributed by atoms with Crippen molar-refractivity contribution < 1.29 is 4.74 Å². The van der Waals surface area contributed by atoms with Crippen LogP contribution in [-0.2, 0) is 6.42 Å². The highest BCUT2D eigenvalue weighted by Crippen LogP contribution is 2.41. The van der Waals surface area contributed by atoms with Crippen LogP contribution in [0.25, 0.3) is 11.1 Å². The molecular formula is C19H21ClN2O. The van der Waals surface area contributed by atoms with Crippen molar-refractivity contribution in [2.75, 3.05) is 32.7 Å². The number of nitrogens with zero attached hydrogens (tertiary/aromatic N) is 1. The average Bonchev–Trinajstić information content (AvgIpc) is 2.99. The lowest BCUT2D eigenvalue weighted by Crippen LogP contribution is -2.47. The molecule has 3 nitrogen and oxygen atoms in total. The van der Waals surface area contributed by atoms with E-state index in [2.05, 4.69) is 34.5 Å². The molecule has 0 saturated carbocycles. The Bertz CT molecular complexity index is 698. The topological polar surface area (TPSA) is 24.5 Å². The third kappa shape index (κ3) is 3.09. The highest BCUT2D eigenvalue weighted by Gasteiger charge is 2.28. The average molecular weight is 329 g/mol. The van der Waals surface area contributed by atoms with Crippen LogP contribution in [-0.4, -0.2) is 43.7 Å². The Balaban J connectivity index is 1.57. The molecule has 2 aromatic rings. The minimum absolute atomic E-state index is 0.242. The molecule has 0 bridgehead atoms. The van der Waals surface area contributed by atoms with Crippen LogP contribution in [0, 0.1) is 0 Å². The fraction of sp³-hybridized carbons (Fsp3) is 0.368. The Morgan fingerprint density at radius 2 is 1.83 bits per heavy atom. The third-order valence-corrected chi connectivity index (χ3v) is 4.99. The lowest BCUT2D eigenvalue weighted by atomic mass is 10.0. The normalized spacial score (nSPS) is 21.0. The van der Waals surface area contributed by atoms with E-state index < -0.39 is 0 Å². The monoisotopic (exact) mass is 328 g/mol. The van der Waals surface area contributed by atoms with Gasteiger partial charge in [-0.1, -0.05) is 48.0 Å². The predicted molar refractivity (Wildman–Crippen MR) is 94.3 cm³/mol. The van der Waals surface area contributed by atoms with Crippen molar-refractivity contribution in [2.45, 2.75) is 12.5 Å². The molecule has 2 aliphatic rings. The van der Waals surface area contributed by atoms with E-state index in [1.54, 1.807) is 0 Å². The second kappa shape index (κ2) is 6.52. The molecule has 0 radical (unpaired) electrons. The number of hydrogen-bond acceptors (Lipinski definition) is 3. The molecule has 4 heteroatoms. The van der Waals surface area contributed by atoms with Crippen LogP contribution in [0.1, 0.15) is 5.56 Å². The zero-order chi connectivity index (χ0) is 15.6. The summed E-state index contributed by atoms with van der Waals surface area (Å²) >= 11 is 6.38. The number of halogens is 1. The molecule has 0 spiro atoms. The second-order valence-electron chi connectivity index (χ2n) is 6.27. The molecule has 2 heterocycles. The third-order valence-electron chi connectivity index (χ3n) is 4.66. The van der Waals surface area contributed by atoms with E-state index in [1.807, 2.05) is 18.2 Å². The maximum absolute atomic E-state index is 6.38. The van der Waals surface area contributed by atoms with Crippen LogP contribution in [0.15, 0.2) is 42.5 Å². The van der Waals surface area contributed by atoms with E-state index in [9.17, 15) is 0 Å². The van der Waals surface area contributed by atoms with Crippen molar-refractivity contribution in [3.8, 4) is 16.9 Å². The molecule has 2 aromatic carbocycles. The Kier molecular flexibility index (Phi) is 4.25. The van der Waals surface area contributed by atoms with Gasteiger partial charge in [-0.25, -0.2) is 0 Å². The van der Waals surface area contributed by atoms with Gasteiger partial charge in [0.2, 0.25) is 0 Å². The van der Waals surface area contributed by atoms with Gasteiger partial charge in [0.15, 0.2) is 0 Å². The van der Waals surface area contributed by atoms with E-state index in [-0.39, 0.29) is 6.10 Å². The fourth-order valence-corrected chi connectivity index (χ4v) is 3.75. The largest absolute Gasteiger partial charge is 0.488 e. The summed E-state index contributed by atoms with van der Waals surface area (Å²) in [7, 11) is 0. The minimum Gasteiger partial charge on any atom is -0.488 e. The van der Waals surface area contributed by atoms with Gasteiger partial charge in [0.1, 0.15) is 11.9 Å². The van der Waals surface area contributed by atoms with Crippen LogP contribution in [0.2, 0.25) is 5.02 Å². The second-order valence-corrected chi connectivity index (χ2v) is 6.68. The van der Waals surface area contributed by atoms with Gasteiger partial charge in [-0.2, -0.15) is 0 Å². The summed E-state index contributed by atoms with van der Waals surface area (Å²) in [6.07, 6.45) is 1.23. The van der Waals surface area contributed by atoms with Crippen LogP contribution in [0.4, 0.5) is 0 Å². The van der Waals surface area contributed by atoms with Crippen LogP contribution >= 0.6 is 11.6 Å². The predicted octanol–water partition coefficient (Wildman–Crippen LogP) is 3.22. The molecule has 120 valence electrons. The molecule has 1 N–H and O–H groups in total. The van der Waals surface area contributed by atoms with E-state index in [1.165, 1.54) is 5.56 Å². The van der Waals surface area contributed by atoms with Crippen LogP contribution < -0.4 is 10.1 Å². The molecule has 1 atom stereocenters. The Hall–Kier alpha value is -1.55. The summed E-state index contributed by atoms with van der Waals surface area (Å²) in [5.41, 5.74) is 3.45. The number of fused-ring (bicyclic) bond motifs is 1. The molecule has 2 aliphatic heterocycles. The number of para-hydroxylation sites is 1. The number of piperazine rings is 1. The van der Waals surface area contributed by atoms with Gasteiger partial charge in [-0.15, -0.1) is 0 Å². The van der Waals surface area contributed by atoms with Crippen molar-refractivity contribution in [3.05, 3.63) is 53.1 Å². The summed E-state index contributed by atoms with van der Waals surface area (Å²) < 4.78 is 6.33. The Labute approximate surface area is 142 Å². The van der Waals surface area contributed by atoms with E-state index in [0.29, 0.717) is 0 Å². The van der Waals surface area contributed by atoms with Gasteiger partial charge < -0.3 is 10.1 Å². The van der Waals surface area contributed by atoms with Crippen LogP contribution in [0.3, 0.4) is 0 Å². The maximum Gasteiger partial charge on any atom is 0.131 e. The summed E-state index contributed by atoms with van der Waals surface area (Å²) in [4.78, 5) is 2.49. The number of hydrogen-bond donors (Lipinski definition) is 1. The van der Waals surface area contributed by atoms with E-state index >= 15 is 0 Å². The Morgan fingerprint density at radius 1 is 1.04 bits per heavy atom. The first kappa shape index (κ1) is 15.0. The van der Waals surface area contributed by atoms with Crippen molar-refractivity contribution in [1.82, 2.24) is 10.2 Å². The van der Waals surface area contributed by atoms with Crippen molar-refractivity contribution in [3.63, 3.8) is 0 Å². The lowest BCUT2D eigenvalue weighted by molar-refractivity contribution is 0.140. The summed E-state index contributed by atoms with van der Waals surface area (Å²) in [5.74, 6) is 1.01. The van der Waals surface area contributed by atoms with Crippen molar-refractivity contribution in [1.29, 1.82) is 0 Å². The number of rotatable bonds is 3. The van der Waals surface area contributed by atoms with Gasteiger partial charge in [0.25, 0.3) is 0 Å². The van der Waals surface area contributed by atoms with E-state index in [4.69, 9.17) is 16.3 Å². The first-order chi connectivity index (χ1) is 11.3. The molecule has 0 amide bonds. The molecule has 1 saturated heterocycles. The molecule has 1 fully saturated rings. The number of benzene rings is 2. The van der Waals surface area contributed by atoms with Crippen molar-refractivity contribution >= 4 is 11.6 Å². The first-order valence-electron chi connectivity index (χ1n) is 8.28. The van der Waals surface area contributed by atoms with Gasteiger partial charge in [0, 0.05) is 55.3 Å². The van der Waals surface area contributed by atoms with Gasteiger partial charge in [-0.3, -0.25) is 4.90 Å². The molecular weight excluding hydrogens is 308 g/mol. The minimum atomic E-state index is 0.242. The zero-order valence-corrected chi connectivity index (χ0v) is 13.9. The van der Waals surface area contributed by atoms with Gasteiger partial charge >= 0.3 is 0 Å². The molecule has 0 aliphatic carbocycles. The molecule has 23 heavy (non-hydrogen) atoms. The molecule has 4 rings (SSSR count). The summed E-state index contributed by atoms with van der Waals surface area (Å²) in [6, 6.07) is 14.4. The van der Waals surface area contributed by atoms with Gasteiger partial charge in [0.05, 0.1) is 0 Å². The number of nitrogens with one attached hydrogen (secondary N) is 1.